The van der Waals surface area contributed by atoms with Crippen LogP contribution in [0.15, 0.2) is 29.2 Å². The molecule has 2 amide bonds. The van der Waals surface area contributed by atoms with E-state index in [1.807, 2.05) is 23.1 Å². The lowest BCUT2D eigenvalue weighted by atomic mass is 9.92. The SMILES string of the molecule is O=C(NCCCn1nc2ccccn2c1=O)N1CCC[C@@H]2CCC[C@H]21. The molecule has 2 aromatic heterocycles. The van der Waals surface area contributed by atoms with Gasteiger partial charge in [-0.25, -0.2) is 14.3 Å². The van der Waals surface area contributed by atoms with Crippen LogP contribution in [0.3, 0.4) is 0 Å². The molecular weight excluding hydrogens is 318 g/mol. The van der Waals surface area contributed by atoms with Crippen molar-refractivity contribution in [2.45, 2.75) is 51.1 Å². The molecule has 0 radical (unpaired) electrons. The zero-order valence-corrected chi connectivity index (χ0v) is 14.4. The molecule has 0 aromatic carbocycles. The average molecular weight is 343 g/mol. The first-order chi connectivity index (χ1) is 12.2. The number of piperidine rings is 1. The standard InChI is InChI=1S/C18H25N5O2/c24-17(21-12-4-7-14-6-3-8-15(14)21)19-10-5-13-23-18(25)22-11-2-1-9-16(22)20-23/h1-2,9,11,14-15H,3-8,10,12-13H2,(H,19,24)/t14-,15+/m0/s1. The van der Waals surface area contributed by atoms with Crippen LogP contribution in [0.2, 0.25) is 0 Å². The van der Waals surface area contributed by atoms with Gasteiger partial charge >= 0.3 is 11.7 Å². The van der Waals surface area contributed by atoms with E-state index in [4.69, 9.17) is 0 Å². The fourth-order valence-electron chi connectivity index (χ4n) is 4.35. The van der Waals surface area contributed by atoms with Gasteiger partial charge in [0.05, 0.1) is 0 Å². The summed E-state index contributed by atoms with van der Waals surface area (Å²) in [6.45, 7) is 1.94. The summed E-state index contributed by atoms with van der Waals surface area (Å²) in [5, 5.41) is 7.33. The number of aromatic nitrogens is 3. The second kappa shape index (κ2) is 6.90. The molecule has 2 fully saturated rings. The molecule has 0 unspecified atom stereocenters. The van der Waals surface area contributed by atoms with Crippen LogP contribution in [0, 0.1) is 5.92 Å². The summed E-state index contributed by atoms with van der Waals surface area (Å²) in [6, 6.07) is 5.99. The first-order valence-electron chi connectivity index (χ1n) is 9.33. The van der Waals surface area contributed by atoms with Gasteiger partial charge in [0.15, 0.2) is 5.65 Å². The average Bonchev–Trinajstić information content (AvgIpc) is 3.23. The van der Waals surface area contributed by atoms with Gasteiger partial charge in [0, 0.05) is 31.9 Å². The van der Waals surface area contributed by atoms with E-state index in [1.54, 1.807) is 6.20 Å². The number of hydrogen-bond donors (Lipinski definition) is 1. The summed E-state index contributed by atoms with van der Waals surface area (Å²) < 4.78 is 3.00. The molecule has 1 saturated carbocycles. The van der Waals surface area contributed by atoms with Crippen molar-refractivity contribution in [3.05, 3.63) is 34.9 Å². The Morgan fingerprint density at radius 2 is 2.12 bits per heavy atom. The van der Waals surface area contributed by atoms with Crippen LogP contribution in [0.5, 0.6) is 0 Å². The van der Waals surface area contributed by atoms with Crippen molar-refractivity contribution in [2.24, 2.45) is 5.92 Å². The lowest BCUT2D eigenvalue weighted by molar-refractivity contribution is 0.128. The maximum atomic E-state index is 12.5. The zero-order valence-electron chi connectivity index (χ0n) is 14.4. The molecule has 134 valence electrons. The number of nitrogens with zero attached hydrogens (tertiary/aromatic N) is 4. The van der Waals surface area contributed by atoms with Crippen molar-refractivity contribution in [3.63, 3.8) is 0 Å². The Bertz CT molecular complexity index is 811. The smallest absolute Gasteiger partial charge is 0.338 e. The second-order valence-electron chi connectivity index (χ2n) is 7.11. The minimum absolute atomic E-state index is 0.0546. The summed E-state index contributed by atoms with van der Waals surface area (Å²) in [7, 11) is 0. The normalized spacial score (nSPS) is 23.0. The summed E-state index contributed by atoms with van der Waals surface area (Å²) in [5.41, 5.74) is 0.517. The third-order valence-electron chi connectivity index (χ3n) is 5.57. The highest BCUT2D eigenvalue weighted by molar-refractivity contribution is 5.74. The molecule has 7 heteroatoms. The van der Waals surface area contributed by atoms with E-state index in [9.17, 15) is 9.59 Å². The van der Waals surface area contributed by atoms with Gasteiger partial charge in [0.25, 0.3) is 0 Å². The van der Waals surface area contributed by atoms with Crippen molar-refractivity contribution in [1.82, 2.24) is 24.4 Å². The molecule has 2 aliphatic rings. The van der Waals surface area contributed by atoms with Gasteiger partial charge in [0.2, 0.25) is 0 Å². The Labute approximate surface area is 146 Å². The number of hydrogen-bond acceptors (Lipinski definition) is 3. The monoisotopic (exact) mass is 343 g/mol. The van der Waals surface area contributed by atoms with Gasteiger partial charge in [-0.2, -0.15) is 0 Å². The zero-order chi connectivity index (χ0) is 17.2. The number of likely N-dealkylation sites (tertiary alicyclic amines) is 1. The van der Waals surface area contributed by atoms with E-state index in [0.717, 1.165) is 19.4 Å². The van der Waals surface area contributed by atoms with Gasteiger partial charge in [0.1, 0.15) is 0 Å². The van der Waals surface area contributed by atoms with Crippen LogP contribution in [0.4, 0.5) is 4.79 Å². The molecular formula is C18H25N5O2. The molecule has 1 aliphatic carbocycles. The number of amides is 2. The predicted octanol–water partition coefficient (Wildman–Crippen LogP) is 1.86. The summed E-state index contributed by atoms with van der Waals surface area (Å²) in [6.07, 6.45) is 8.46. The molecule has 0 bridgehead atoms. The molecule has 1 N–H and O–H groups in total. The quantitative estimate of drug-likeness (QED) is 0.862. The second-order valence-corrected chi connectivity index (χ2v) is 7.11. The van der Waals surface area contributed by atoms with Crippen LogP contribution in [-0.2, 0) is 6.54 Å². The predicted molar refractivity (Wildman–Crippen MR) is 94.5 cm³/mol. The Morgan fingerprint density at radius 3 is 3.00 bits per heavy atom. The topological polar surface area (TPSA) is 71.6 Å². The van der Waals surface area contributed by atoms with E-state index in [0.29, 0.717) is 37.1 Å². The number of carbonyl (C=O) groups excluding carboxylic acids is 1. The number of carbonyl (C=O) groups is 1. The van der Waals surface area contributed by atoms with Crippen molar-refractivity contribution in [2.75, 3.05) is 13.1 Å². The fraction of sp³-hybridized carbons (Fsp3) is 0.611. The van der Waals surface area contributed by atoms with Crippen molar-refractivity contribution in [1.29, 1.82) is 0 Å². The molecule has 1 aliphatic heterocycles. The third-order valence-corrected chi connectivity index (χ3v) is 5.57. The Morgan fingerprint density at radius 1 is 1.24 bits per heavy atom. The van der Waals surface area contributed by atoms with Gasteiger partial charge < -0.3 is 10.2 Å². The maximum Gasteiger partial charge on any atom is 0.350 e. The Hall–Kier alpha value is -2.31. The Kier molecular flexibility index (Phi) is 4.46. The first kappa shape index (κ1) is 16.2. The maximum absolute atomic E-state index is 12.5. The summed E-state index contributed by atoms with van der Waals surface area (Å²) >= 11 is 0. The molecule has 3 heterocycles. The van der Waals surface area contributed by atoms with Crippen LogP contribution >= 0.6 is 0 Å². The minimum atomic E-state index is -0.133. The van der Waals surface area contributed by atoms with Crippen LogP contribution < -0.4 is 11.0 Å². The van der Waals surface area contributed by atoms with Crippen LogP contribution in [0.25, 0.3) is 5.65 Å². The number of urea groups is 1. The lowest BCUT2D eigenvalue weighted by Crippen LogP contribution is -2.50. The number of rotatable bonds is 4. The van der Waals surface area contributed by atoms with Crippen molar-refractivity contribution < 1.29 is 4.79 Å². The van der Waals surface area contributed by atoms with Gasteiger partial charge in [-0.3, -0.25) is 4.40 Å². The molecule has 1 saturated heterocycles. The van der Waals surface area contributed by atoms with Crippen molar-refractivity contribution >= 4 is 11.7 Å². The lowest BCUT2D eigenvalue weighted by Gasteiger charge is -2.37. The largest absolute Gasteiger partial charge is 0.350 e. The van der Waals surface area contributed by atoms with Gasteiger partial charge in [-0.05, 0) is 50.2 Å². The van der Waals surface area contributed by atoms with E-state index < -0.39 is 0 Å². The summed E-state index contributed by atoms with van der Waals surface area (Å²) in [5.74, 6) is 0.705. The number of aryl methyl sites for hydroxylation is 1. The van der Waals surface area contributed by atoms with E-state index in [1.165, 1.54) is 28.3 Å². The molecule has 2 atom stereocenters. The van der Waals surface area contributed by atoms with E-state index in [2.05, 4.69) is 10.4 Å². The molecule has 4 rings (SSSR count). The van der Waals surface area contributed by atoms with Gasteiger partial charge in [-0.1, -0.05) is 12.5 Å². The molecule has 25 heavy (non-hydrogen) atoms. The first-order valence-corrected chi connectivity index (χ1v) is 9.33. The molecule has 0 spiro atoms. The van der Waals surface area contributed by atoms with Crippen molar-refractivity contribution in [3.8, 4) is 0 Å². The number of nitrogens with one attached hydrogen (secondary N) is 1. The number of fused-ring (bicyclic) bond motifs is 2. The fourth-order valence-corrected chi connectivity index (χ4v) is 4.35. The van der Waals surface area contributed by atoms with Crippen LogP contribution in [0.1, 0.15) is 38.5 Å². The highest BCUT2D eigenvalue weighted by Crippen LogP contribution is 2.36. The molecule has 2 aromatic rings. The van der Waals surface area contributed by atoms with Crippen LogP contribution in [-0.4, -0.2) is 44.2 Å². The molecule has 7 nitrogen and oxygen atoms in total. The number of pyridine rings is 1. The Balaban J connectivity index is 1.29. The third kappa shape index (κ3) is 3.15. The highest BCUT2D eigenvalue weighted by Gasteiger charge is 2.37. The minimum Gasteiger partial charge on any atom is -0.338 e. The van der Waals surface area contributed by atoms with E-state index in [-0.39, 0.29) is 11.7 Å². The van der Waals surface area contributed by atoms with E-state index >= 15 is 0 Å². The summed E-state index contributed by atoms with van der Waals surface area (Å²) in [4.78, 5) is 26.7. The van der Waals surface area contributed by atoms with Gasteiger partial charge in [-0.15, -0.1) is 5.10 Å². The highest BCUT2D eigenvalue weighted by atomic mass is 16.2.